The molecule has 3 aromatic rings. The fraction of sp³-hybridized carbons (Fsp3) is 0.316. The Morgan fingerprint density at radius 3 is 2.50 bits per heavy atom. The summed E-state index contributed by atoms with van der Waals surface area (Å²) in [6.45, 7) is 3.70. The predicted molar refractivity (Wildman–Crippen MR) is 103 cm³/mol. The van der Waals surface area contributed by atoms with Gasteiger partial charge in [0.25, 0.3) is 5.91 Å². The van der Waals surface area contributed by atoms with Gasteiger partial charge in [-0.05, 0) is 19.1 Å². The summed E-state index contributed by atoms with van der Waals surface area (Å²) in [6.07, 6.45) is -3.45. The minimum Gasteiger partial charge on any atom is -0.475 e. The number of carbonyl (C=O) groups is 2. The van der Waals surface area contributed by atoms with E-state index in [0.29, 0.717) is 23.0 Å². The molecule has 0 atom stereocenters. The van der Waals surface area contributed by atoms with Crippen molar-refractivity contribution in [2.24, 2.45) is 0 Å². The predicted octanol–water partition coefficient (Wildman–Crippen LogP) is 1.81. The number of nitrogens with zero attached hydrogens (tertiary/aromatic N) is 4. The highest BCUT2D eigenvalue weighted by Crippen LogP contribution is 2.21. The van der Waals surface area contributed by atoms with Crippen molar-refractivity contribution in [2.45, 2.75) is 25.6 Å². The van der Waals surface area contributed by atoms with E-state index in [0.717, 1.165) is 18.8 Å². The van der Waals surface area contributed by atoms with Crippen LogP contribution in [0.1, 0.15) is 33.8 Å². The first-order valence-corrected chi connectivity index (χ1v) is 9.38. The summed E-state index contributed by atoms with van der Waals surface area (Å²) in [4.78, 5) is 27.1. The number of aliphatic carboxylic acids is 1. The number of aromatic nitrogens is 4. The van der Waals surface area contributed by atoms with Crippen LogP contribution in [0.5, 0.6) is 0 Å². The highest BCUT2D eigenvalue weighted by Gasteiger charge is 2.38. The molecule has 170 valence electrons. The molecule has 1 fully saturated rings. The number of halogens is 3. The third-order valence-electron chi connectivity index (χ3n) is 4.36. The van der Waals surface area contributed by atoms with E-state index in [1.165, 1.54) is 4.80 Å². The molecule has 0 bridgehead atoms. The van der Waals surface area contributed by atoms with Gasteiger partial charge in [-0.1, -0.05) is 18.2 Å². The van der Waals surface area contributed by atoms with Crippen LogP contribution in [0.15, 0.2) is 40.9 Å². The lowest BCUT2D eigenvalue weighted by Gasteiger charge is -2.23. The average molecular weight is 452 g/mol. The lowest BCUT2D eigenvalue weighted by Crippen LogP contribution is -2.40. The van der Waals surface area contributed by atoms with Crippen molar-refractivity contribution in [1.29, 1.82) is 0 Å². The van der Waals surface area contributed by atoms with Crippen LogP contribution in [0.25, 0.3) is 5.69 Å². The molecule has 10 nitrogen and oxygen atoms in total. The van der Waals surface area contributed by atoms with Crippen molar-refractivity contribution in [3.8, 4) is 5.69 Å². The number of aryl methyl sites for hydroxylation is 1. The summed E-state index contributed by atoms with van der Waals surface area (Å²) in [5.74, 6) is -1.61. The van der Waals surface area contributed by atoms with Crippen LogP contribution in [0.4, 0.5) is 13.2 Å². The second-order valence-corrected chi connectivity index (χ2v) is 6.76. The van der Waals surface area contributed by atoms with Crippen molar-refractivity contribution in [2.75, 3.05) is 13.1 Å². The Hall–Kier alpha value is -3.74. The van der Waals surface area contributed by atoms with E-state index in [1.54, 1.807) is 13.1 Å². The Labute approximate surface area is 179 Å². The number of carboxylic acids is 1. The summed E-state index contributed by atoms with van der Waals surface area (Å²) in [6, 6.07) is 9.60. The Morgan fingerprint density at radius 1 is 1.28 bits per heavy atom. The molecule has 0 saturated carbocycles. The minimum atomic E-state index is -5.08. The third kappa shape index (κ3) is 5.69. The van der Waals surface area contributed by atoms with Gasteiger partial charge in [0.15, 0.2) is 5.69 Å². The number of hydrogen-bond acceptors (Lipinski definition) is 7. The van der Waals surface area contributed by atoms with Gasteiger partial charge in [-0.2, -0.15) is 28.2 Å². The quantitative estimate of drug-likeness (QED) is 0.534. The summed E-state index contributed by atoms with van der Waals surface area (Å²) >= 11 is 0. The second-order valence-electron chi connectivity index (χ2n) is 6.76. The Bertz CT molecular complexity index is 1080. The number of para-hydroxylation sites is 1. The molecule has 1 aliphatic heterocycles. The zero-order chi connectivity index (χ0) is 23.3. The van der Waals surface area contributed by atoms with Crippen molar-refractivity contribution in [1.82, 2.24) is 30.6 Å². The molecule has 1 aromatic carbocycles. The SMILES string of the molecule is Cc1oc(C2CNC2)nc1C(=O)NCc1cnn(-c2ccccc2)n1.O=C(O)C(F)(F)F. The Balaban J connectivity index is 0.000000360. The average Bonchev–Trinajstić information content (AvgIpc) is 3.32. The van der Waals surface area contributed by atoms with Crippen molar-refractivity contribution >= 4 is 11.9 Å². The summed E-state index contributed by atoms with van der Waals surface area (Å²) in [5.41, 5.74) is 1.87. The number of oxazole rings is 1. The first-order valence-electron chi connectivity index (χ1n) is 9.38. The molecule has 1 saturated heterocycles. The maximum Gasteiger partial charge on any atom is 0.490 e. The molecule has 32 heavy (non-hydrogen) atoms. The smallest absolute Gasteiger partial charge is 0.475 e. The van der Waals surface area contributed by atoms with Crippen LogP contribution in [0, 0.1) is 6.92 Å². The van der Waals surface area contributed by atoms with E-state index in [1.807, 2.05) is 30.3 Å². The number of alkyl halides is 3. The maximum atomic E-state index is 12.4. The number of rotatable bonds is 5. The van der Waals surface area contributed by atoms with Crippen LogP contribution < -0.4 is 10.6 Å². The first-order chi connectivity index (χ1) is 15.1. The van der Waals surface area contributed by atoms with Crippen molar-refractivity contribution < 1.29 is 32.3 Å². The van der Waals surface area contributed by atoms with Crippen LogP contribution in [0.3, 0.4) is 0 Å². The Kier molecular flexibility index (Phi) is 6.88. The van der Waals surface area contributed by atoms with Gasteiger partial charge < -0.3 is 20.2 Å². The van der Waals surface area contributed by atoms with Crippen LogP contribution in [-0.2, 0) is 11.3 Å². The molecule has 4 rings (SSSR count). The summed E-state index contributed by atoms with van der Waals surface area (Å²) in [5, 5.41) is 21.7. The summed E-state index contributed by atoms with van der Waals surface area (Å²) < 4.78 is 37.3. The van der Waals surface area contributed by atoms with Gasteiger partial charge in [0.2, 0.25) is 5.89 Å². The Morgan fingerprint density at radius 2 is 1.94 bits per heavy atom. The molecule has 0 spiro atoms. The highest BCUT2D eigenvalue weighted by atomic mass is 19.4. The van der Waals surface area contributed by atoms with Gasteiger partial charge in [-0.25, -0.2) is 9.78 Å². The topological polar surface area (TPSA) is 135 Å². The molecule has 2 aromatic heterocycles. The fourth-order valence-corrected chi connectivity index (χ4v) is 2.58. The molecule has 13 heteroatoms. The third-order valence-corrected chi connectivity index (χ3v) is 4.36. The molecule has 0 unspecified atom stereocenters. The lowest BCUT2D eigenvalue weighted by atomic mass is 10.0. The van der Waals surface area contributed by atoms with Crippen molar-refractivity contribution in [3.63, 3.8) is 0 Å². The molecule has 1 amide bonds. The first kappa shape index (κ1) is 22.9. The van der Waals surface area contributed by atoms with Crippen LogP contribution in [-0.4, -0.2) is 56.2 Å². The van der Waals surface area contributed by atoms with Gasteiger partial charge in [0, 0.05) is 13.1 Å². The number of carboxylic acid groups (broad SMARTS) is 1. The van der Waals surface area contributed by atoms with E-state index in [2.05, 4.69) is 25.8 Å². The minimum absolute atomic E-state index is 0.256. The van der Waals surface area contributed by atoms with E-state index in [4.69, 9.17) is 14.3 Å². The lowest BCUT2D eigenvalue weighted by molar-refractivity contribution is -0.192. The van der Waals surface area contributed by atoms with E-state index in [-0.39, 0.29) is 18.4 Å². The van der Waals surface area contributed by atoms with Gasteiger partial charge in [-0.3, -0.25) is 4.79 Å². The van der Waals surface area contributed by atoms with Gasteiger partial charge >= 0.3 is 12.1 Å². The number of benzene rings is 1. The number of hydrogen-bond donors (Lipinski definition) is 3. The van der Waals surface area contributed by atoms with Gasteiger partial charge in [0.05, 0.1) is 24.3 Å². The molecule has 3 heterocycles. The molecule has 0 radical (unpaired) electrons. The van der Waals surface area contributed by atoms with Gasteiger partial charge in [0.1, 0.15) is 11.5 Å². The highest BCUT2D eigenvalue weighted by molar-refractivity contribution is 5.93. The zero-order valence-electron chi connectivity index (χ0n) is 16.8. The van der Waals surface area contributed by atoms with Gasteiger partial charge in [-0.15, -0.1) is 0 Å². The monoisotopic (exact) mass is 452 g/mol. The molecule has 1 aliphatic rings. The van der Waals surface area contributed by atoms with Crippen LogP contribution >= 0.6 is 0 Å². The normalized spacial score (nSPS) is 13.6. The second kappa shape index (κ2) is 9.60. The molecule has 0 aliphatic carbocycles. The van der Waals surface area contributed by atoms with E-state index in [9.17, 15) is 18.0 Å². The number of carbonyl (C=O) groups excluding carboxylic acids is 1. The van der Waals surface area contributed by atoms with E-state index >= 15 is 0 Å². The fourth-order valence-electron chi connectivity index (χ4n) is 2.58. The maximum absolute atomic E-state index is 12.4. The number of amides is 1. The molecular formula is C19H19F3N6O4. The van der Waals surface area contributed by atoms with Crippen LogP contribution in [0.2, 0.25) is 0 Å². The van der Waals surface area contributed by atoms with E-state index < -0.39 is 12.1 Å². The standard InChI is InChI=1S/C17H18N6O2.C2HF3O2/c1-11-15(21-17(25-11)12-7-18-8-12)16(24)19-9-13-10-20-23(22-13)14-5-3-2-4-6-14;3-2(4,5)1(6)7/h2-6,10,12,18H,7-9H2,1H3,(H,19,24);(H,6,7). The zero-order valence-corrected chi connectivity index (χ0v) is 16.8. The molecular weight excluding hydrogens is 433 g/mol. The summed E-state index contributed by atoms with van der Waals surface area (Å²) in [7, 11) is 0. The largest absolute Gasteiger partial charge is 0.490 e. The number of nitrogens with one attached hydrogen (secondary N) is 2. The molecule has 3 N–H and O–H groups in total. The van der Waals surface area contributed by atoms with Crippen molar-refractivity contribution in [3.05, 3.63) is 59.6 Å².